The summed E-state index contributed by atoms with van der Waals surface area (Å²) >= 11 is 0. The number of rotatable bonds is 5. The number of nitrogens with one attached hydrogen (secondary N) is 1. The van der Waals surface area contributed by atoms with Crippen molar-refractivity contribution in [3.63, 3.8) is 0 Å². The molecule has 0 aliphatic heterocycles. The average molecular weight is 304 g/mol. The maximum absolute atomic E-state index is 11.8. The summed E-state index contributed by atoms with van der Waals surface area (Å²) in [6, 6.07) is 3.17. The number of carbonyl (C=O) groups excluding carboxylic acids is 1. The van der Waals surface area contributed by atoms with Crippen LogP contribution in [0.4, 0.5) is 11.7 Å². The van der Waals surface area contributed by atoms with Crippen LogP contribution in [0.1, 0.15) is 0 Å². The first-order chi connectivity index (χ1) is 10.6. The van der Waals surface area contributed by atoms with Gasteiger partial charge >= 0.3 is 11.7 Å². The van der Waals surface area contributed by atoms with Crippen molar-refractivity contribution < 1.29 is 18.6 Å². The number of furan rings is 1. The number of carbonyl (C=O) groups is 1. The van der Waals surface area contributed by atoms with Gasteiger partial charge in [0, 0.05) is 0 Å². The van der Waals surface area contributed by atoms with Gasteiger partial charge in [0.1, 0.15) is 18.9 Å². The average Bonchev–Trinajstić information content (AvgIpc) is 3.18. The molecule has 0 bridgehead atoms. The Labute approximate surface area is 121 Å². The number of anilines is 1. The summed E-state index contributed by atoms with van der Waals surface area (Å²) in [4.78, 5) is 21.7. The second-order valence-electron chi connectivity index (χ2n) is 4.09. The molecular formula is C11H8N6O5. The standard InChI is InChI=1S/C11H8N6O5/c18-9(6-16-5-7(4-12-16)17(19)20)13-11-15-14-10(22-11)8-2-1-3-21-8/h1-5H,6H2,(H,13,15,18). The van der Waals surface area contributed by atoms with Crippen molar-refractivity contribution in [1.29, 1.82) is 0 Å². The van der Waals surface area contributed by atoms with E-state index in [1.54, 1.807) is 12.1 Å². The second-order valence-corrected chi connectivity index (χ2v) is 4.09. The minimum Gasteiger partial charge on any atom is -0.459 e. The Kier molecular flexibility index (Phi) is 3.35. The number of nitrogens with zero attached hydrogens (tertiary/aromatic N) is 5. The van der Waals surface area contributed by atoms with Gasteiger partial charge in [-0.25, -0.2) is 0 Å². The molecule has 0 fully saturated rings. The molecule has 3 aromatic heterocycles. The van der Waals surface area contributed by atoms with E-state index >= 15 is 0 Å². The van der Waals surface area contributed by atoms with Gasteiger partial charge in [-0.3, -0.25) is 24.9 Å². The number of nitro groups is 1. The Balaban J connectivity index is 1.63. The third-order valence-electron chi connectivity index (χ3n) is 2.54. The zero-order valence-corrected chi connectivity index (χ0v) is 10.9. The monoisotopic (exact) mass is 304 g/mol. The van der Waals surface area contributed by atoms with Crippen LogP contribution in [0.5, 0.6) is 0 Å². The van der Waals surface area contributed by atoms with Gasteiger partial charge in [0.2, 0.25) is 5.91 Å². The van der Waals surface area contributed by atoms with E-state index in [2.05, 4.69) is 20.6 Å². The molecule has 3 aromatic rings. The van der Waals surface area contributed by atoms with E-state index < -0.39 is 10.8 Å². The molecule has 0 aliphatic carbocycles. The summed E-state index contributed by atoms with van der Waals surface area (Å²) < 4.78 is 11.4. The van der Waals surface area contributed by atoms with Gasteiger partial charge in [-0.05, 0) is 12.1 Å². The first-order valence-corrected chi connectivity index (χ1v) is 5.96. The lowest BCUT2D eigenvalue weighted by atomic mass is 10.5. The molecule has 0 aliphatic rings. The molecule has 0 saturated heterocycles. The third kappa shape index (κ3) is 2.82. The molecule has 22 heavy (non-hydrogen) atoms. The molecule has 0 aromatic carbocycles. The number of amides is 1. The van der Waals surface area contributed by atoms with Crippen LogP contribution in [-0.4, -0.2) is 30.8 Å². The molecule has 3 heterocycles. The lowest BCUT2D eigenvalue weighted by Gasteiger charge is -1.99. The Morgan fingerprint density at radius 3 is 3.00 bits per heavy atom. The normalized spacial score (nSPS) is 10.5. The predicted molar refractivity (Wildman–Crippen MR) is 69.5 cm³/mol. The van der Waals surface area contributed by atoms with Gasteiger partial charge in [-0.15, -0.1) is 5.10 Å². The summed E-state index contributed by atoms with van der Waals surface area (Å²) in [5, 5.41) is 23.9. The number of aromatic nitrogens is 4. The summed E-state index contributed by atoms with van der Waals surface area (Å²) in [6.07, 6.45) is 3.64. The fraction of sp³-hybridized carbons (Fsp3) is 0.0909. The molecule has 0 atom stereocenters. The fourth-order valence-corrected chi connectivity index (χ4v) is 1.61. The van der Waals surface area contributed by atoms with Gasteiger partial charge in [0.15, 0.2) is 5.76 Å². The maximum Gasteiger partial charge on any atom is 0.322 e. The minimum atomic E-state index is -0.602. The highest BCUT2D eigenvalue weighted by Crippen LogP contribution is 2.19. The van der Waals surface area contributed by atoms with E-state index in [0.717, 1.165) is 17.1 Å². The minimum absolute atomic E-state index is 0.113. The van der Waals surface area contributed by atoms with E-state index in [-0.39, 0.29) is 24.1 Å². The summed E-state index contributed by atoms with van der Waals surface area (Å²) in [6.45, 7) is -0.230. The maximum atomic E-state index is 11.8. The van der Waals surface area contributed by atoms with Crippen molar-refractivity contribution in [3.8, 4) is 11.7 Å². The van der Waals surface area contributed by atoms with Gasteiger partial charge in [-0.2, -0.15) is 5.10 Å². The van der Waals surface area contributed by atoms with Gasteiger partial charge in [-0.1, -0.05) is 5.10 Å². The lowest BCUT2D eigenvalue weighted by molar-refractivity contribution is -0.385. The summed E-state index contributed by atoms with van der Waals surface area (Å²) in [5.74, 6) is -0.0293. The Morgan fingerprint density at radius 2 is 2.32 bits per heavy atom. The van der Waals surface area contributed by atoms with E-state index in [0.29, 0.717) is 5.76 Å². The second kappa shape index (κ2) is 5.47. The SMILES string of the molecule is O=C(Cn1cc([N+](=O)[O-])cn1)Nc1nnc(-c2ccco2)o1. The fourth-order valence-electron chi connectivity index (χ4n) is 1.61. The van der Waals surface area contributed by atoms with Crippen LogP contribution in [-0.2, 0) is 11.3 Å². The highest BCUT2D eigenvalue weighted by molar-refractivity contribution is 5.88. The first-order valence-electron chi connectivity index (χ1n) is 5.96. The van der Waals surface area contributed by atoms with Crippen LogP contribution < -0.4 is 5.32 Å². The Hall–Kier alpha value is -3.50. The van der Waals surface area contributed by atoms with Crippen molar-refractivity contribution in [2.24, 2.45) is 0 Å². The molecular weight excluding hydrogens is 296 g/mol. The van der Waals surface area contributed by atoms with Crippen molar-refractivity contribution in [1.82, 2.24) is 20.0 Å². The number of hydrogen-bond donors (Lipinski definition) is 1. The molecule has 112 valence electrons. The van der Waals surface area contributed by atoms with Crippen molar-refractivity contribution in [2.75, 3.05) is 5.32 Å². The lowest BCUT2D eigenvalue weighted by Crippen LogP contribution is -2.19. The zero-order chi connectivity index (χ0) is 15.5. The highest BCUT2D eigenvalue weighted by atomic mass is 16.6. The molecule has 3 rings (SSSR count). The Morgan fingerprint density at radius 1 is 1.45 bits per heavy atom. The van der Waals surface area contributed by atoms with Crippen LogP contribution in [0.15, 0.2) is 39.6 Å². The molecule has 0 unspecified atom stereocenters. The van der Waals surface area contributed by atoms with Crippen LogP contribution in [0.2, 0.25) is 0 Å². The van der Waals surface area contributed by atoms with Crippen LogP contribution >= 0.6 is 0 Å². The zero-order valence-electron chi connectivity index (χ0n) is 10.9. The van der Waals surface area contributed by atoms with Gasteiger partial charge in [0.25, 0.3) is 5.89 Å². The van der Waals surface area contributed by atoms with E-state index in [4.69, 9.17) is 8.83 Å². The largest absolute Gasteiger partial charge is 0.459 e. The molecule has 1 N–H and O–H groups in total. The number of hydrogen-bond acceptors (Lipinski definition) is 8. The van der Waals surface area contributed by atoms with Crippen LogP contribution in [0, 0.1) is 10.1 Å². The van der Waals surface area contributed by atoms with E-state index in [9.17, 15) is 14.9 Å². The van der Waals surface area contributed by atoms with Gasteiger partial charge < -0.3 is 8.83 Å². The molecule has 0 spiro atoms. The topological polar surface area (TPSA) is 142 Å². The van der Waals surface area contributed by atoms with Crippen molar-refractivity contribution in [2.45, 2.75) is 6.54 Å². The van der Waals surface area contributed by atoms with Crippen molar-refractivity contribution in [3.05, 3.63) is 40.9 Å². The van der Waals surface area contributed by atoms with Crippen LogP contribution in [0.25, 0.3) is 11.7 Å². The first kappa shape index (κ1) is 13.5. The third-order valence-corrected chi connectivity index (χ3v) is 2.54. The summed E-state index contributed by atoms with van der Waals surface area (Å²) in [7, 11) is 0. The predicted octanol–water partition coefficient (Wildman–Crippen LogP) is 1.07. The highest BCUT2D eigenvalue weighted by Gasteiger charge is 2.15. The molecule has 0 saturated carbocycles. The smallest absolute Gasteiger partial charge is 0.322 e. The molecule has 11 heteroatoms. The van der Waals surface area contributed by atoms with Crippen molar-refractivity contribution >= 4 is 17.6 Å². The summed E-state index contributed by atoms with van der Waals surface area (Å²) in [5.41, 5.74) is -0.203. The quantitative estimate of drug-likeness (QED) is 0.544. The van der Waals surface area contributed by atoms with Crippen LogP contribution in [0.3, 0.4) is 0 Å². The molecule has 1 amide bonds. The Bertz CT molecular complexity index is 805. The molecule has 11 nitrogen and oxygen atoms in total. The van der Waals surface area contributed by atoms with Gasteiger partial charge in [0.05, 0.1) is 11.2 Å². The van der Waals surface area contributed by atoms with E-state index in [1.165, 1.54) is 6.26 Å². The van der Waals surface area contributed by atoms with E-state index in [1.807, 2.05) is 0 Å². The molecule has 0 radical (unpaired) electrons.